The zero-order valence-electron chi connectivity index (χ0n) is 20.3. The van der Waals surface area contributed by atoms with Gasteiger partial charge < -0.3 is 14.4 Å². The van der Waals surface area contributed by atoms with Gasteiger partial charge >= 0.3 is 0 Å². The number of carbonyl (C=O) groups excluding carboxylic acids is 2. The second-order valence-electron chi connectivity index (χ2n) is 9.50. The van der Waals surface area contributed by atoms with Crippen molar-refractivity contribution in [2.24, 2.45) is 0 Å². The standard InChI is InChI=1S/C27H33N3O4/c1-18-19(2)24(33-3)10-9-20(18)16-28-11-13-29(14-12-28)23-8-4-7-22-25(23)27(32)30(26(22)31)17-21-6-5-15-34-21/h4,7-10,21H,5-6,11-17H2,1-3H3/t21-/m0/s1. The Morgan fingerprint density at radius 1 is 1.00 bits per heavy atom. The van der Waals surface area contributed by atoms with Crippen molar-refractivity contribution in [2.45, 2.75) is 39.3 Å². The second kappa shape index (κ2) is 9.39. The zero-order chi connectivity index (χ0) is 23.8. The number of hydrogen-bond donors (Lipinski definition) is 0. The average molecular weight is 464 g/mol. The molecule has 2 aromatic carbocycles. The molecule has 2 saturated heterocycles. The summed E-state index contributed by atoms with van der Waals surface area (Å²) in [6.07, 6.45) is 1.84. The molecule has 0 radical (unpaired) electrons. The number of rotatable bonds is 6. The molecule has 3 aliphatic heterocycles. The molecule has 0 bridgehead atoms. The van der Waals surface area contributed by atoms with Crippen molar-refractivity contribution < 1.29 is 19.1 Å². The van der Waals surface area contributed by atoms with Gasteiger partial charge in [0.05, 0.1) is 36.6 Å². The number of methoxy groups -OCH3 is 1. The van der Waals surface area contributed by atoms with Gasteiger partial charge in [0.1, 0.15) is 5.75 Å². The van der Waals surface area contributed by atoms with Crippen LogP contribution in [0.4, 0.5) is 5.69 Å². The summed E-state index contributed by atoms with van der Waals surface area (Å²) < 4.78 is 11.1. The Bertz CT molecular complexity index is 1100. The number of carbonyl (C=O) groups is 2. The van der Waals surface area contributed by atoms with E-state index in [4.69, 9.17) is 9.47 Å². The van der Waals surface area contributed by atoms with E-state index >= 15 is 0 Å². The number of ether oxygens (including phenoxy) is 2. The fourth-order valence-electron chi connectivity index (χ4n) is 5.37. The summed E-state index contributed by atoms with van der Waals surface area (Å²) in [5.41, 5.74) is 5.74. The van der Waals surface area contributed by atoms with Crippen LogP contribution in [0, 0.1) is 13.8 Å². The molecule has 3 aliphatic rings. The minimum Gasteiger partial charge on any atom is -0.496 e. The van der Waals surface area contributed by atoms with Crippen LogP contribution in [0.2, 0.25) is 0 Å². The fraction of sp³-hybridized carbons (Fsp3) is 0.481. The predicted molar refractivity (Wildman–Crippen MR) is 131 cm³/mol. The lowest BCUT2D eigenvalue weighted by atomic mass is 10.0. The first kappa shape index (κ1) is 22.9. The Balaban J connectivity index is 1.28. The van der Waals surface area contributed by atoms with Crippen LogP contribution in [-0.2, 0) is 11.3 Å². The SMILES string of the molecule is COc1ccc(CN2CCN(c3cccc4c3C(=O)N(C[C@@H]3CCCO3)C4=O)CC2)c(C)c1C. The molecule has 0 aliphatic carbocycles. The lowest BCUT2D eigenvalue weighted by molar-refractivity contribution is 0.0475. The van der Waals surface area contributed by atoms with E-state index in [1.807, 2.05) is 18.2 Å². The molecule has 0 saturated carbocycles. The van der Waals surface area contributed by atoms with Crippen LogP contribution in [-0.4, -0.2) is 74.2 Å². The number of benzene rings is 2. The summed E-state index contributed by atoms with van der Waals surface area (Å²) in [7, 11) is 1.71. The van der Waals surface area contributed by atoms with Crippen molar-refractivity contribution >= 4 is 17.5 Å². The molecular weight excluding hydrogens is 430 g/mol. The Morgan fingerprint density at radius 2 is 1.79 bits per heavy atom. The molecule has 7 heteroatoms. The largest absolute Gasteiger partial charge is 0.496 e. The number of imide groups is 1. The highest BCUT2D eigenvalue weighted by Gasteiger charge is 2.40. The molecule has 1 atom stereocenters. The van der Waals surface area contributed by atoms with Gasteiger partial charge in [0, 0.05) is 39.3 Å². The molecule has 5 rings (SSSR count). The van der Waals surface area contributed by atoms with Crippen LogP contribution in [0.3, 0.4) is 0 Å². The quantitative estimate of drug-likeness (QED) is 0.612. The van der Waals surface area contributed by atoms with Crippen LogP contribution in [0.5, 0.6) is 5.75 Å². The van der Waals surface area contributed by atoms with Crippen molar-refractivity contribution in [3.8, 4) is 5.75 Å². The summed E-state index contributed by atoms with van der Waals surface area (Å²) in [4.78, 5) is 32.4. The van der Waals surface area contributed by atoms with Crippen LogP contribution in [0.15, 0.2) is 30.3 Å². The Hall–Kier alpha value is -2.90. The molecule has 2 aromatic rings. The Kier molecular flexibility index (Phi) is 6.32. The maximum atomic E-state index is 13.3. The number of hydrogen-bond acceptors (Lipinski definition) is 6. The molecule has 0 unspecified atom stereocenters. The van der Waals surface area contributed by atoms with Crippen molar-refractivity contribution in [1.29, 1.82) is 0 Å². The summed E-state index contributed by atoms with van der Waals surface area (Å²) >= 11 is 0. The highest BCUT2D eigenvalue weighted by atomic mass is 16.5. The molecule has 7 nitrogen and oxygen atoms in total. The summed E-state index contributed by atoms with van der Waals surface area (Å²) in [6.45, 7) is 9.64. The van der Waals surface area contributed by atoms with E-state index in [1.165, 1.54) is 21.6 Å². The van der Waals surface area contributed by atoms with Gasteiger partial charge in [0.25, 0.3) is 11.8 Å². The molecule has 0 aromatic heterocycles. The van der Waals surface area contributed by atoms with Gasteiger partial charge in [-0.1, -0.05) is 12.1 Å². The third-order valence-electron chi connectivity index (χ3n) is 7.56. The first-order chi connectivity index (χ1) is 16.5. The minimum atomic E-state index is -0.193. The topological polar surface area (TPSA) is 62.3 Å². The molecule has 3 heterocycles. The maximum Gasteiger partial charge on any atom is 0.263 e. The van der Waals surface area contributed by atoms with Crippen LogP contribution in [0.1, 0.15) is 50.2 Å². The van der Waals surface area contributed by atoms with Gasteiger partial charge in [0.15, 0.2) is 0 Å². The van der Waals surface area contributed by atoms with Crippen molar-refractivity contribution in [3.05, 3.63) is 58.1 Å². The molecule has 2 fully saturated rings. The zero-order valence-corrected chi connectivity index (χ0v) is 20.3. The van der Waals surface area contributed by atoms with Crippen LogP contribution >= 0.6 is 0 Å². The third-order valence-corrected chi connectivity index (χ3v) is 7.56. The normalized spacial score (nSPS) is 20.9. The van der Waals surface area contributed by atoms with Gasteiger partial charge in [-0.2, -0.15) is 0 Å². The molecule has 0 spiro atoms. The van der Waals surface area contributed by atoms with Crippen molar-refractivity contribution in [1.82, 2.24) is 9.80 Å². The first-order valence-electron chi connectivity index (χ1n) is 12.2. The second-order valence-corrected chi connectivity index (χ2v) is 9.50. The molecule has 180 valence electrons. The highest BCUT2D eigenvalue weighted by molar-refractivity contribution is 6.23. The Labute approximate surface area is 201 Å². The van der Waals surface area contributed by atoms with Crippen molar-refractivity contribution in [3.63, 3.8) is 0 Å². The lowest BCUT2D eigenvalue weighted by Crippen LogP contribution is -2.46. The number of nitrogens with zero attached hydrogens (tertiary/aromatic N) is 3. The van der Waals surface area contributed by atoms with Gasteiger partial charge in [-0.25, -0.2) is 0 Å². The predicted octanol–water partition coefficient (Wildman–Crippen LogP) is 3.41. The number of amides is 2. The number of anilines is 1. The average Bonchev–Trinajstić information content (AvgIpc) is 3.46. The summed E-state index contributed by atoms with van der Waals surface area (Å²) in [6, 6.07) is 9.85. The van der Waals surface area contributed by atoms with Gasteiger partial charge in [-0.3, -0.25) is 19.4 Å². The molecule has 34 heavy (non-hydrogen) atoms. The number of fused-ring (bicyclic) bond motifs is 1. The minimum absolute atomic E-state index is 0.0424. The van der Waals surface area contributed by atoms with Gasteiger partial charge in [-0.15, -0.1) is 0 Å². The Morgan fingerprint density at radius 3 is 2.50 bits per heavy atom. The van der Waals surface area contributed by atoms with Gasteiger partial charge in [-0.05, 0) is 61.6 Å². The summed E-state index contributed by atoms with van der Waals surface area (Å²) in [5.74, 6) is 0.552. The van der Waals surface area contributed by atoms with E-state index in [0.29, 0.717) is 24.3 Å². The van der Waals surface area contributed by atoms with E-state index in [-0.39, 0.29) is 17.9 Å². The third kappa shape index (κ3) is 4.07. The van der Waals surface area contributed by atoms with Crippen LogP contribution < -0.4 is 9.64 Å². The van der Waals surface area contributed by atoms with E-state index in [0.717, 1.165) is 57.0 Å². The van der Waals surface area contributed by atoms with E-state index in [2.05, 4.69) is 29.7 Å². The van der Waals surface area contributed by atoms with E-state index < -0.39 is 0 Å². The van der Waals surface area contributed by atoms with E-state index in [9.17, 15) is 9.59 Å². The van der Waals surface area contributed by atoms with Crippen LogP contribution in [0.25, 0.3) is 0 Å². The molecular formula is C27H33N3O4. The van der Waals surface area contributed by atoms with E-state index in [1.54, 1.807) is 13.2 Å². The molecule has 2 amide bonds. The smallest absolute Gasteiger partial charge is 0.263 e. The monoisotopic (exact) mass is 463 g/mol. The molecule has 0 N–H and O–H groups in total. The summed E-state index contributed by atoms with van der Waals surface area (Å²) in [5, 5.41) is 0. The fourth-order valence-corrected chi connectivity index (χ4v) is 5.37. The number of piperazine rings is 1. The first-order valence-corrected chi connectivity index (χ1v) is 12.2. The lowest BCUT2D eigenvalue weighted by Gasteiger charge is -2.37. The van der Waals surface area contributed by atoms with Crippen molar-refractivity contribution in [2.75, 3.05) is 51.3 Å². The van der Waals surface area contributed by atoms with Gasteiger partial charge in [0.2, 0.25) is 0 Å². The maximum absolute atomic E-state index is 13.3. The highest BCUT2D eigenvalue weighted by Crippen LogP contribution is 2.33.